The van der Waals surface area contributed by atoms with Crippen LogP contribution < -0.4 is 16.4 Å². The zero-order chi connectivity index (χ0) is 12.1. The minimum atomic E-state index is 0.984. The first-order valence-corrected chi connectivity index (χ1v) is 5.84. The number of nitrogens with zero attached hydrogens (tertiary/aromatic N) is 2. The Morgan fingerprint density at radius 3 is 2.65 bits per heavy atom. The van der Waals surface area contributed by atoms with Crippen molar-refractivity contribution in [2.45, 2.75) is 19.8 Å². The van der Waals surface area contributed by atoms with Gasteiger partial charge in [0.25, 0.3) is 0 Å². The summed E-state index contributed by atoms with van der Waals surface area (Å²) in [5.74, 6) is 5.61. The van der Waals surface area contributed by atoms with E-state index in [0.29, 0.717) is 0 Å². The molecule has 0 saturated heterocycles. The third-order valence-electron chi connectivity index (χ3n) is 2.65. The lowest BCUT2D eigenvalue weighted by Crippen LogP contribution is -2.52. The predicted octanol–water partition coefficient (Wildman–Crippen LogP) is 2.30. The topological polar surface area (TPSA) is 44.5 Å². The van der Waals surface area contributed by atoms with Crippen molar-refractivity contribution in [3.8, 4) is 0 Å². The molecule has 0 fully saturated rings. The number of hydrazine groups is 3. The van der Waals surface area contributed by atoms with Gasteiger partial charge in [-0.3, -0.25) is 5.84 Å². The molecule has 17 heavy (non-hydrogen) atoms. The monoisotopic (exact) mass is 230 g/mol. The van der Waals surface area contributed by atoms with Gasteiger partial charge in [0.05, 0.1) is 11.4 Å². The first-order valence-electron chi connectivity index (χ1n) is 5.84. The van der Waals surface area contributed by atoms with E-state index in [2.05, 4.69) is 18.5 Å². The van der Waals surface area contributed by atoms with Gasteiger partial charge in [-0.15, -0.1) is 0 Å². The SMILES string of the molecule is CCCC1=CC=CN(c2ccccc2)N1NN. The van der Waals surface area contributed by atoms with E-state index in [-0.39, 0.29) is 0 Å². The Morgan fingerprint density at radius 1 is 1.24 bits per heavy atom. The molecule has 3 N–H and O–H groups in total. The van der Waals surface area contributed by atoms with E-state index < -0.39 is 0 Å². The van der Waals surface area contributed by atoms with E-state index in [9.17, 15) is 0 Å². The Hall–Kier alpha value is -1.78. The summed E-state index contributed by atoms with van der Waals surface area (Å²) >= 11 is 0. The lowest BCUT2D eigenvalue weighted by Gasteiger charge is -2.37. The maximum absolute atomic E-state index is 5.61. The smallest absolute Gasteiger partial charge is 0.0641 e. The van der Waals surface area contributed by atoms with Crippen molar-refractivity contribution < 1.29 is 0 Å². The van der Waals surface area contributed by atoms with Crippen molar-refractivity contribution in [3.05, 3.63) is 54.4 Å². The van der Waals surface area contributed by atoms with Crippen LogP contribution in [0.5, 0.6) is 0 Å². The number of nitrogens with two attached hydrogens (primary N) is 1. The summed E-state index contributed by atoms with van der Waals surface area (Å²) in [5.41, 5.74) is 4.95. The van der Waals surface area contributed by atoms with Crippen LogP contribution in [0.15, 0.2) is 54.4 Å². The first kappa shape index (κ1) is 11.7. The fraction of sp³-hybridized carbons (Fsp3) is 0.231. The highest BCUT2D eigenvalue weighted by Crippen LogP contribution is 2.23. The van der Waals surface area contributed by atoms with Crippen LogP contribution >= 0.6 is 0 Å². The molecule has 0 amide bonds. The average molecular weight is 230 g/mol. The minimum Gasteiger partial charge on any atom is -0.252 e. The van der Waals surface area contributed by atoms with Gasteiger partial charge in [-0.2, -0.15) is 5.53 Å². The summed E-state index contributed by atoms with van der Waals surface area (Å²) in [4.78, 5) is 0. The molecule has 1 aromatic carbocycles. The molecule has 90 valence electrons. The molecule has 1 aliphatic rings. The van der Waals surface area contributed by atoms with Crippen LogP contribution in [-0.2, 0) is 0 Å². The third kappa shape index (κ3) is 2.49. The lowest BCUT2D eigenvalue weighted by molar-refractivity contribution is 0.236. The summed E-state index contributed by atoms with van der Waals surface area (Å²) in [7, 11) is 0. The molecule has 0 saturated carbocycles. The fourth-order valence-electron chi connectivity index (χ4n) is 1.88. The van der Waals surface area contributed by atoms with Crippen LogP contribution in [0.2, 0.25) is 0 Å². The molecule has 0 aromatic heterocycles. The summed E-state index contributed by atoms with van der Waals surface area (Å²) in [6.07, 6.45) is 8.15. The zero-order valence-corrected chi connectivity index (χ0v) is 10.0. The van der Waals surface area contributed by atoms with E-state index in [4.69, 9.17) is 5.84 Å². The normalized spacial score (nSPS) is 15.1. The summed E-state index contributed by atoms with van der Waals surface area (Å²) in [6, 6.07) is 10.1. The van der Waals surface area contributed by atoms with Crippen molar-refractivity contribution >= 4 is 5.69 Å². The van der Waals surface area contributed by atoms with Crippen molar-refractivity contribution in [2.75, 3.05) is 5.01 Å². The molecule has 4 nitrogen and oxygen atoms in total. The Bertz CT molecular complexity index is 411. The average Bonchev–Trinajstić information content (AvgIpc) is 2.40. The maximum atomic E-state index is 5.61. The van der Waals surface area contributed by atoms with Gasteiger partial charge in [0.2, 0.25) is 0 Å². The van der Waals surface area contributed by atoms with E-state index in [1.807, 2.05) is 52.7 Å². The second-order valence-electron chi connectivity index (χ2n) is 3.87. The highest BCUT2D eigenvalue weighted by Gasteiger charge is 2.17. The fourth-order valence-corrected chi connectivity index (χ4v) is 1.88. The number of hydrogen-bond acceptors (Lipinski definition) is 4. The first-order chi connectivity index (χ1) is 8.36. The van der Waals surface area contributed by atoms with E-state index >= 15 is 0 Å². The second kappa shape index (κ2) is 5.52. The van der Waals surface area contributed by atoms with Gasteiger partial charge in [0.15, 0.2) is 0 Å². The molecule has 1 heterocycles. The third-order valence-corrected chi connectivity index (χ3v) is 2.65. The molecule has 0 atom stereocenters. The van der Waals surface area contributed by atoms with Gasteiger partial charge >= 0.3 is 0 Å². The maximum Gasteiger partial charge on any atom is 0.0641 e. The van der Waals surface area contributed by atoms with Crippen molar-refractivity contribution in [2.24, 2.45) is 5.84 Å². The number of nitrogens with one attached hydrogen (secondary N) is 1. The van der Waals surface area contributed by atoms with Gasteiger partial charge in [-0.25, -0.2) is 10.1 Å². The van der Waals surface area contributed by atoms with Gasteiger partial charge in [-0.05, 0) is 30.7 Å². The van der Waals surface area contributed by atoms with Crippen molar-refractivity contribution in [3.63, 3.8) is 0 Å². The van der Waals surface area contributed by atoms with E-state index in [1.54, 1.807) is 0 Å². The molecule has 0 aliphatic carbocycles. The Balaban J connectivity index is 2.25. The number of para-hydroxylation sites is 1. The van der Waals surface area contributed by atoms with E-state index in [0.717, 1.165) is 24.2 Å². The molecule has 4 heteroatoms. The number of rotatable bonds is 4. The van der Waals surface area contributed by atoms with Gasteiger partial charge in [0.1, 0.15) is 0 Å². The molecule has 1 aromatic rings. The molecule has 0 radical (unpaired) electrons. The number of hydrogen-bond donors (Lipinski definition) is 2. The Labute approximate surface area is 102 Å². The van der Waals surface area contributed by atoms with Crippen LogP contribution in [0.4, 0.5) is 5.69 Å². The Kier molecular flexibility index (Phi) is 3.80. The predicted molar refractivity (Wildman–Crippen MR) is 70.2 cm³/mol. The highest BCUT2D eigenvalue weighted by atomic mass is 15.9. The van der Waals surface area contributed by atoms with Gasteiger partial charge in [-0.1, -0.05) is 31.5 Å². The van der Waals surface area contributed by atoms with Crippen LogP contribution in [0.1, 0.15) is 19.8 Å². The zero-order valence-electron chi connectivity index (χ0n) is 10.0. The quantitative estimate of drug-likeness (QED) is 0.615. The van der Waals surface area contributed by atoms with Crippen molar-refractivity contribution in [1.82, 2.24) is 10.7 Å². The van der Waals surface area contributed by atoms with Gasteiger partial charge in [0, 0.05) is 6.20 Å². The molecular formula is C13H18N4. The van der Waals surface area contributed by atoms with Crippen LogP contribution in [0, 0.1) is 0 Å². The number of benzene rings is 1. The standard InChI is InChI=1S/C13H18N4/c1-2-7-13-10-6-11-16(17(13)15-14)12-8-4-3-5-9-12/h3-6,8-11,15H,2,7,14H2,1H3. The van der Waals surface area contributed by atoms with E-state index in [1.165, 1.54) is 0 Å². The second-order valence-corrected chi connectivity index (χ2v) is 3.87. The molecule has 0 spiro atoms. The summed E-state index contributed by atoms with van der Waals surface area (Å²) in [5, 5.41) is 3.85. The highest BCUT2D eigenvalue weighted by molar-refractivity contribution is 5.49. The molecule has 0 bridgehead atoms. The summed E-state index contributed by atoms with van der Waals surface area (Å²) in [6.45, 7) is 2.15. The van der Waals surface area contributed by atoms with Gasteiger partial charge < -0.3 is 0 Å². The lowest BCUT2D eigenvalue weighted by atomic mass is 10.2. The molecule has 1 aliphatic heterocycles. The minimum absolute atomic E-state index is 0.984. The number of allylic oxidation sites excluding steroid dienone is 3. The largest absolute Gasteiger partial charge is 0.252 e. The number of anilines is 1. The summed E-state index contributed by atoms with van der Waals surface area (Å²) < 4.78 is 0. The molecule has 2 rings (SSSR count). The Morgan fingerprint density at radius 2 is 2.00 bits per heavy atom. The van der Waals surface area contributed by atoms with Crippen LogP contribution in [0.3, 0.4) is 0 Å². The molecule has 0 unspecified atom stereocenters. The van der Waals surface area contributed by atoms with Crippen LogP contribution in [0.25, 0.3) is 0 Å². The van der Waals surface area contributed by atoms with Crippen molar-refractivity contribution in [1.29, 1.82) is 0 Å². The molecular weight excluding hydrogens is 212 g/mol. The van der Waals surface area contributed by atoms with Crippen LogP contribution in [-0.4, -0.2) is 5.12 Å².